The van der Waals surface area contributed by atoms with Gasteiger partial charge in [0.05, 0.1) is 6.20 Å². The molecule has 0 aliphatic carbocycles. The molecule has 7 nitrogen and oxygen atoms in total. The number of piperidine rings is 1. The Hall–Kier alpha value is -4.03. The van der Waals surface area contributed by atoms with Gasteiger partial charge in [0.1, 0.15) is 11.7 Å². The number of nitrogen functional groups attached to an aromatic ring is 1. The SMILES string of the molecule is CC.CC(C)(C)OC(=O)N1CCC(Oc2ncc(F)c(N)n2)CC1.c1ccc(P(c2ccccc2)c2ccccc2)cc1. The summed E-state index contributed by atoms with van der Waals surface area (Å²) in [4.78, 5) is 21.1. The topological polar surface area (TPSA) is 90.6 Å². The molecule has 5 rings (SSSR count). The number of anilines is 1. The highest BCUT2D eigenvalue weighted by molar-refractivity contribution is 7.79. The molecule has 1 saturated heterocycles. The minimum atomic E-state index is -0.674. The van der Waals surface area contributed by atoms with E-state index in [1.165, 1.54) is 15.9 Å². The number of hydrogen-bond acceptors (Lipinski definition) is 6. The average molecular weight is 605 g/mol. The third kappa shape index (κ3) is 10.6. The molecular weight excluding hydrogens is 562 g/mol. The molecule has 0 atom stereocenters. The Morgan fingerprint density at radius 2 is 1.30 bits per heavy atom. The number of nitrogens with zero attached hydrogens (tertiary/aromatic N) is 3. The Morgan fingerprint density at radius 1 is 0.860 bits per heavy atom. The number of carbonyl (C=O) groups is 1. The monoisotopic (exact) mass is 604 g/mol. The molecule has 2 N–H and O–H groups in total. The zero-order valence-electron chi connectivity index (χ0n) is 25.6. The predicted octanol–water partition coefficient (Wildman–Crippen LogP) is 6.45. The van der Waals surface area contributed by atoms with Crippen molar-refractivity contribution in [3.05, 3.63) is 103 Å². The number of hydrogen-bond donors (Lipinski definition) is 1. The standard InChI is InChI=1S/C18H15P.C14H21FN4O3.C2H6/c1-4-10-16(11-5-1)19(17-12-6-2-7-13-17)18-14-8-3-9-15-18;1-14(2,3)22-13(20)19-6-4-9(5-7-19)21-12-17-8-10(15)11(16)18-12;1-2/h1-15H;8-9H,4-7H2,1-3H3,(H2,16,17,18);1-2H3. The van der Waals surface area contributed by atoms with Gasteiger partial charge in [-0.05, 0) is 44.6 Å². The summed E-state index contributed by atoms with van der Waals surface area (Å²) in [5, 5.41) is 4.19. The summed E-state index contributed by atoms with van der Waals surface area (Å²) < 4.78 is 23.9. The molecule has 9 heteroatoms. The largest absolute Gasteiger partial charge is 0.460 e. The Labute approximate surface area is 256 Å². The van der Waals surface area contributed by atoms with Crippen molar-refractivity contribution in [3.63, 3.8) is 0 Å². The van der Waals surface area contributed by atoms with Crippen LogP contribution in [-0.2, 0) is 4.74 Å². The molecule has 43 heavy (non-hydrogen) atoms. The molecule has 1 aliphatic heterocycles. The van der Waals surface area contributed by atoms with Crippen LogP contribution < -0.4 is 26.4 Å². The summed E-state index contributed by atoms with van der Waals surface area (Å²) in [7, 11) is -0.446. The zero-order valence-corrected chi connectivity index (χ0v) is 26.5. The lowest BCUT2D eigenvalue weighted by molar-refractivity contribution is 0.0119. The number of ether oxygens (including phenoxy) is 2. The molecule has 1 fully saturated rings. The van der Waals surface area contributed by atoms with E-state index in [-0.39, 0.29) is 24.0 Å². The van der Waals surface area contributed by atoms with Crippen LogP contribution in [0.4, 0.5) is 15.0 Å². The number of amides is 1. The number of aromatic nitrogens is 2. The molecule has 3 aromatic carbocycles. The highest BCUT2D eigenvalue weighted by atomic mass is 31.1. The van der Waals surface area contributed by atoms with Gasteiger partial charge in [0, 0.05) is 25.9 Å². The van der Waals surface area contributed by atoms with E-state index in [2.05, 4.69) is 101 Å². The highest BCUT2D eigenvalue weighted by Crippen LogP contribution is 2.32. The third-order valence-electron chi connectivity index (χ3n) is 6.16. The normalized spacial score (nSPS) is 13.2. The van der Waals surface area contributed by atoms with Gasteiger partial charge in [-0.2, -0.15) is 4.98 Å². The lowest BCUT2D eigenvalue weighted by atomic mass is 10.1. The maximum atomic E-state index is 13.0. The van der Waals surface area contributed by atoms with Crippen LogP contribution in [0, 0.1) is 5.82 Å². The van der Waals surface area contributed by atoms with Crippen LogP contribution >= 0.6 is 7.92 Å². The molecule has 2 heterocycles. The molecule has 0 unspecified atom stereocenters. The van der Waals surface area contributed by atoms with Gasteiger partial charge in [-0.1, -0.05) is 105 Å². The fourth-order valence-corrected chi connectivity index (χ4v) is 6.54. The van der Waals surface area contributed by atoms with E-state index in [1.807, 2.05) is 34.6 Å². The van der Waals surface area contributed by atoms with Crippen LogP contribution in [-0.4, -0.2) is 45.8 Å². The van der Waals surface area contributed by atoms with Gasteiger partial charge in [0.2, 0.25) is 0 Å². The maximum Gasteiger partial charge on any atom is 0.410 e. The number of likely N-dealkylation sites (tertiary alicyclic amines) is 1. The van der Waals surface area contributed by atoms with E-state index in [0.29, 0.717) is 25.9 Å². The zero-order chi connectivity index (χ0) is 31.2. The first kappa shape index (κ1) is 33.5. The van der Waals surface area contributed by atoms with Crippen molar-refractivity contribution in [1.82, 2.24) is 14.9 Å². The number of halogens is 1. The predicted molar refractivity (Wildman–Crippen MR) is 174 cm³/mol. The summed E-state index contributed by atoms with van der Waals surface area (Å²) in [6.07, 6.45) is 1.77. The van der Waals surface area contributed by atoms with Crippen LogP contribution in [0.25, 0.3) is 0 Å². The molecule has 4 aromatic rings. The summed E-state index contributed by atoms with van der Waals surface area (Å²) in [6, 6.07) is 32.4. The summed E-state index contributed by atoms with van der Waals surface area (Å²) in [6.45, 7) is 10.5. The minimum Gasteiger partial charge on any atom is -0.460 e. The minimum absolute atomic E-state index is 0.0506. The molecule has 1 aliphatic rings. The van der Waals surface area contributed by atoms with E-state index in [9.17, 15) is 9.18 Å². The quantitative estimate of drug-likeness (QED) is 0.264. The first-order valence-electron chi connectivity index (χ1n) is 14.6. The Morgan fingerprint density at radius 3 is 1.70 bits per heavy atom. The van der Waals surface area contributed by atoms with Gasteiger partial charge in [-0.3, -0.25) is 0 Å². The van der Waals surface area contributed by atoms with Crippen LogP contribution in [0.5, 0.6) is 6.01 Å². The third-order valence-corrected chi connectivity index (χ3v) is 8.60. The van der Waals surface area contributed by atoms with Gasteiger partial charge in [0.25, 0.3) is 0 Å². The van der Waals surface area contributed by atoms with E-state index in [1.54, 1.807) is 4.90 Å². The molecule has 228 valence electrons. The summed E-state index contributed by atoms with van der Waals surface area (Å²) in [5.74, 6) is -0.914. The van der Waals surface area contributed by atoms with Crippen molar-refractivity contribution in [2.75, 3.05) is 18.8 Å². The molecule has 0 spiro atoms. The number of benzene rings is 3. The van der Waals surface area contributed by atoms with Crippen molar-refractivity contribution in [2.24, 2.45) is 0 Å². The Bertz CT molecular complexity index is 1290. The van der Waals surface area contributed by atoms with Gasteiger partial charge in [-0.25, -0.2) is 14.2 Å². The lowest BCUT2D eigenvalue weighted by Gasteiger charge is -2.33. The van der Waals surface area contributed by atoms with Crippen LogP contribution in [0.3, 0.4) is 0 Å². The van der Waals surface area contributed by atoms with Crippen molar-refractivity contribution < 1.29 is 18.7 Å². The van der Waals surface area contributed by atoms with Crippen LogP contribution in [0.1, 0.15) is 47.5 Å². The Kier molecular flexibility index (Phi) is 12.9. The van der Waals surface area contributed by atoms with Gasteiger partial charge >= 0.3 is 12.1 Å². The van der Waals surface area contributed by atoms with E-state index in [4.69, 9.17) is 15.2 Å². The lowest BCUT2D eigenvalue weighted by Crippen LogP contribution is -2.44. The number of carbonyl (C=O) groups excluding carboxylic acids is 1. The summed E-state index contributed by atoms with van der Waals surface area (Å²) in [5.41, 5.74) is 4.86. The van der Waals surface area contributed by atoms with E-state index in [0.717, 1.165) is 6.20 Å². The second kappa shape index (κ2) is 16.6. The van der Waals surface area contributed by atoms with Crippen molar-refractivity contribution >= 4 is 35.7 Å². The molecule has 1 aromatic heterocycles. The first-order valence-corrected chi connectivity index (χ1v) is 15.9. The fraction of sp³-hybridized carbons (Fsp3) is 0.324. The maximum absolute atomic E-state index is 13.0. The van der Waals surface area contributed by atoms with E-state index >= 15 is 0 Å². The Balaban J connectivity index is 0.000000224. The van der Waals surface area contributed by atoms with Crippen LogP contribution in [0.2, 0.25) is 0 Å². The smallest absolute Gasteiger partial charge is 0.410 e. The second-order valence-corrected chi connectivity index (χ2v) is 12.7. The number of nitrogens with two attached hydrogens (primary N) is 1. The first-order chi connectivity index (χ1) is 20.7. The highest BCUT2D eigenvalue weighted by Gasteiger charge is 2.28. The number of rotatable bonds is 5. The van der Waals surface area contributed by atoms with E-state index < -0.39 is 19.3 Å². The molecule has 0 bridgehead atoms. The molecule has 0 saturated carbocycles. The van der Waals surface area contributed by atoms with Gasteiger partial charge in [0.15, 0.2) is 11.6 Å². The van der Waals surface area contributed by atoms with Crippen molar-refractivity contribution in [2.45, 2.75) is 59.2 Å². The molecule has 1 amide bonds. The van der Waals surface area contributed by atoms with Crippen LogP contribution in [0.15, 0.2) is 97.2 Å². The van der Waals surface area contributed by atoms with Crippen molar-refractivity contribution in [1.29, 1.82) is 0 Å². The van der Waals surface area contributed by atoms with Crippen molar-refractivity contribution in [3.8, 4) is 6.01 Å². The van der Waals surface area contributed by atoms with Gasteiger partial charge in [-0.15, -0.1) is 0 Å². The second-order valence-electron chi connectivity index (χ2n) is 10.5. The molecular formula is C34H42FN4O3P. The fourth-order valence-electron chi connectivity index (χ4n) is 4.23. The molecule has 0 radical (unpaired) electrons. The average Bonchev–Trinajstić information content (AvgIpc) is 3.02. The summed E-state index contributed by atoms with van der Waals surface area (Å²) >= 11 is 0. The van der Waals surface area contributed by atoms with Gasteiger partial charge < -0.3 is 20.1 Å².